The number of hydrogen-bond acceptors (Lipinski definition) is 4. The normalized spacial score (nSPS) is 20.2. The van der Waals surface area contributed by atoms with Crippen molar-refractivity contribution in [3.8, 4) is 0 Å². The summed E-state index contributed by atoms with van der Waals surface area (Å²) < 4.78 is 38.3. The summed E-state index contributed by atoms with van der Waals surface area (Å²) in [7, 11) is 1.55. The van der Waals surface area contributed by atoms with Gasteiger partial charge in [-0.05, 0) is 17.7 Å². The number of hydrogen-bond donors (Lipinski definition) is 2. The number of aromatic nitrogens is 3. The van der Waals surface area contributed by atoms with Gasteiger partial charge in [-0.1, -0.05) is 19.1 Å². The summed E-state index contributed by atoms with van der Waals surface area (Å²) >= 11 is 0. The van der Waals surface area contributed by atoms with Gasteiger partial charge in [0, 0.05) is 25.9 Å². The summed E-state index contributed by atoms with van der Waals surface area (Å²) in [6, 6.07) is 4.52. The molecule has 1 aliphatic heterocycles. The summed E-state index contributed by atoms with van der Waals surface area (Å²) in [5.41, 5.74) is -0.289. The van der Waals surface area contributed by atoms with Gasteiger partial charge in [-0.3, -0.25) is 20.0 Å². The zero-order valence-corrected chi connectivity index (χ0v) is 14.7. The maximum atomic E-state index is 12.8. The van der Waals surface area contributed by atoms with Crippen LogP contribution in [0.25, 0.3) is 0 Å². The van der Waals surface area contributed by atoms with Crippen LogP contribution in [0, 0.1) is 5.92 Å². The van der Waals surface area contributed by atoms with E-state index in [0.29, 0.717) is 17.8 Å². The first-order valence-electron chi connectivity index (χ1n) is 8.35. The van der Waals surface area contributed by atoms with Gasteiger partial charge in [0.15, 0.2) is 0 Å². The zero-order chi connectivity index (χ0) is 19.8. The summed E-state index contributed by atoms with van der Waals surface area (Å²) in [5.74, 6) is -1.96. The Morgan fingerprint density at radius 1 is 1.33 bits per heavy atom. The minimum absolute atomic E-state index is 0.0605. The molecule has 3 rings (SSSR count). The number of aryl methyl sites for hydroxylation is 1. The molecule has 2 amide bonds. The number of anilines is 1. The van der Waals surface area contributed by atoms with Crippen LogP contribution in [0.2, 0.25) is 0 Å². The molecule has 27 heavy (non-hydrogen) atoms. The van der Waals surface area contributed by atoms with E-state index in [1.807, 2.05) is 6.92 Å². The highest BCUT2D eigenvalue weighted by Gasteiger charge is 2.44. The van der Waals surface area contributed by atoms with E-state index in [9.17, 15) is 22.8 Å². The Balaban J connectivity index is 1.83. The minimum Gasteiger partial charge on any atom is -0.344 e. The molecule has 2 atom stereocenters. The van der Waals surface area contributed by atoms with Crippen LogP contribution < -0.4 is 5.32 Å². The molecule has 1 aromatic heterocycles. The summed E-state index contributed by atoms with van der Waals surface area (Å²) in [4.78, 5) is 30.6. The largest absolute Gasteiger partial charge is 0.416 e. The Bertz CT molecular complexity index is 847. The molecule has 2 N–H and O–H groups in total. The first kappa shape index (κ1) is 18.9. The SMILES string of the molecule is CCc1nc(NC(=O)[C@@H]2C(=O)N(C)C[C@H]2c2ccc(C(F)(F)F)cc2)n[nH]1. The highest BCUT2D eigenvalue weighted by Crippen LogP contribution is 2.36. The van der Waals surface area contributed by atoms with Crippen molar-refractivity contribution in [1.82, 2.24) is 20.1 Å². The van der Waals surface area contributed by atoms with Crippen molar-refractivity contribution in [3.63, 3.8) is 0 Å². The van der Waals surface area contributed by atoms with Gasteiger partial charge >= 0.3 is 6.18 Å². The number of nitrogens with zero attached hydrogens (tertiary/aromatic N) is 3. The molecule has 1 aromatic carbocycles. The van der Waals surface area contributed by atoms with E-state index in [4.69, 9.17) is 0 Å². The van der Waals surface area contributed by atoms with Crippen LogP contribution >= 0.6 is 0 Å². The lowest BCUT2D eigenvalue weighted by Crippen LogP contribution is -2.33. The van der Waals surface area contributed by atoms with E-state index >= 15 is 0 Å². The number of benzene rings is 1. The predicted molar refractivity (Wildman–Crippen MR) is 89.7 cm³/mol. The number of nitrogens with one attached hydrogen (secondary N) is 2. The molecule has 144 valence electrons. The summed E-state index contributed by atoms with van der Waals surface area (Å²) in [6.45, 7) is 2.10. The monoisotopic (exact) mass is 381 g/mol. The molecule has 1 fully saturated rings. The van der Waals surface area contributed by atoms with Crippen molar-refractivity contribution < 1.29 is 22.8 Å². The number of aromatic amines is 1. The van der Waals surface area contributed by atoms with Gasteiger partial charge in [-0.2, -0.15) is 18.2 Å². The Kier molecular flexibility index (Phi) is 4.90. The number of carbonyl (C=O) groups excluding carboxylic acids is 2. The Morgan fingerprint density at radius 3 is 2.56 bits per heavy atom. The van der Waals surface area contributed by atoms with Gasteiger partial charge in [-0.25, -0.2) is 0 Å². The number of halogens is 3. The smallest absolute Gasteiger partial charge is 0.344 e. The molecular formula is C17H18F3N5O2. The molecule has 0 radical (unpaired) electrons. The third kappa shape index (κ3) is 3.79. The first-order valence-corrected chi connectivity index (χ1v) is 8.35. The second-order valence-electron chi connectivity index (χ2n) is 6.37. The first-order chi connectivity index (χ1) is 12.7. The lowest BCUT2D eigenvalue weighted by Gasteiger charge is -2.17. The molecule has 2 aromatic rings. The molecule has 0 spiro atoms. The molecule has 0 saturated carbocycles. The molecule has 0 bridgehead atoms. The number of alkyl halides is 3. The lowest BCUT2D eigenvalue weighted by atomic mass is 9.87. The van der Waals surface area contributed by atoms with Crippen molar-refractivity contribution in [2.24, 2.45) is 5.92 Å². The number of likely N-dealkylation sites (tertiary alicyclic amines) is 1. The van der Waals surface area contributed by atoms with Gasteiger partial charge in [0.1, 0.15) is 11.7 Å². The molecular weight excluding hydrogens is 363 g/mol. The fourth-order valence-electron chi connectivity index (χ4n) is 3.11. The number of rotatable bonds is 4. The van der Waals surface area contributed by atoms with E-state index in [1.54, 1.807) is 7.05 Å². The molecule has 0 aliphatic carbocycles. The van der Waals surface area contributed by atoms with Crippen molar-refractivity contribution in [1.29, 1.82) is 0 Å². The fourth-order valence-corrected chi connectivity index (χ4v) is 3.11. The Hall–Kier alpha value is -2.91. The van der Waals surface area contributed by atoms with Gasteiger partial charge < -0.3 is 4.90 Å². The van der Waals surface area contributed by atoms with Gasteiger partial charge in [0.05, 0.1) is 5.56 Å². The van der Waals surface area contributed by atoms with Gasteiger partial charge in [0.25, 0.3) is 0 Å². The standard InChI is InChI=1S/C17H18F3N5O2/c1-3-12-21-16(24-23-12)22-14(26)13-11(8-25(2)15(13)27)9-4-6-10(7-5-9)17(18,19)20/h4-7,11,13H,3,8H2,1-2H3,(H2,21,22,23,24,26)/t11-,13+/m0/s1. The Labute approximate surface area is 153 Å². The van der Waals surface area contributed by atoms with Gasteiger partial charge in [-0.15, -0.1) is 5.10 Å². The van der Waals surface area contributed by atoms with E-state index in [2.05, 4.69) is 20.5 Å². The van der Waals surface area contributed by atoms with Crippen molar-refractivity contribution in [2.45, 2.75) is 25.4 Å². The maximum Gasteiger partial charge on any atom is 0.416 e. The van der Waals surface area contributed by atoms with Crippen LogP contribution in [0.4, 0.5) is 19.1 Å². The quantitative estimate of drug-likeness (QED) is 0.795. The second-order valence-corrected chi connectivity index (χ2v) is 6.37. The van der Waals surface area contributed by atoms with Crippen LogP contribution in [0.5, 0.6) is 0 Å². The van der Waals surface area contributed by atoms with Crippen LogP contribution in [0.15, 0.2) is 24.3 Å². The van der Waals surface area contributed by atoms with Crippen LogP contribution in [0.1, 0.15) is 29.8 Å². The van der Waals surface area contributed by atoms with Crippen molar-refractivity contribution in [3.05, 3.63) is 41.2 Å². The number of carbonyl (C=O) groups is 2. The molecule has 1 aliphatic rings. The van der Waals surface area contributed by atoms with E-state index in [0.717, 1.165) is 12.1 Å². The minimum atomic E-state index is -4.44. The topological polar surface area (TPSA) is 91.0 Å². The molecule has 0 unspecified atom stereocenters. The third-order valence-corrected chi connectivity index (χ3v) is 4.57. The lowest BCUT2D eigenvalue weighted by molar-refractivity contribution is -0.138. The second kappa shape index (κ2) is 7.01. The molecule has 1 saturated heterocycles. The van der Waals surface area contributed by atoms with Crippen LogP contribution in [-0.2, 0) is 22.2 Å². The molecule has 7 nitrogen and oxygen atoms in total. The number of likely N-dealkylation sites (N-methyl/N-ethyl adjacent to an activating group) is 1. The van der Waals surface area contributed by atoms with E-state index < -0.39 is 35.4 Å². The van der Waals surface area contributed by atoms with Crippen LogP contribution in [0.3, 0.4) is 0 Å². The predicted octanol–water partition coefficient (Wildman–Crippen LogP) is 2.20. The summed E-state index contributed by atoms with van der Waals surface area (Å²) in [6.07, 6.45) is -3.84. The number of H-pyrrole nitrogens is 1. The maximum absolute atomic E-state index is 12.8. The Morgan fingerprint density at radius 2 is 2.00 bits per heavy atom. The zero-order valence-electron chi connectivity index (χ0n) is 14.7. The third-order valence-electron chi connectivity index (χ3n) is 4.57. The highest BCUT2D eigenvalue weighted by atomic mass is 19.4. The van der Waals surface area contributed by atoms with Crippen molar-refractivity contribution >= 4 is 17.8 Å². The van der Waals surface area contributed by atoms with Crippen LogP contribution in [-0.4, -0.2) is 45.5 Å². The summed E-state index contributed by atoms with van der Waals surface area (Å²) in [5, 5.41) is 9.02. The fraction of sp³-hybridized carbons (Fsp3) is 0.412. The average molecular weight is 381 g/mol. The van der Waals surface area contributed by atoms with Gasteiger partial charge in [0.2, 0.25) is 17.8 Å². The highest BCUT2D eigenvalue weighted by molar-refractivity contribution is 6.07. The van der Waals surface area contributed by atoms with Crippen molar-refractivity contribution in [2.75, 3.05) is 18.9 Å². The molecule has 10 heteroatoms. The number of amides is 2. The molecule has 2 heterocycles. The average Bonchev–Trinajstić information content (AvgIpc) is 3.19. The van der Waals surface area contributed by atoms with E-state index in [-0.39, 0.29) is 12.5 Å². The van der Waals surface area contributed by atoms with E-state index in [1.165, 1.54) is 17.0 Å².